The monoisotopic (exact) mass is 639 g/mol. The van der Waals surface area contributed by atoms with Gasteiger partial charge in [0.1, 0.15) is 11.7 Å². The minimum Gasteiger partial charge on any atom is -0.481 e. The van der Waals surface area contributed by atoms with Crippen LogP contribution in [0, 0.1) is 0 Å². The fraction of sp³-hybridized carbons (Fsp3) is 0.609. The zero-order valence-corrected chi connectivity index (χ0v) is 23.4. The molecule has 0 radical (unpaired) electrons. The van der Waals surface area contributed by atoms with Gasteiger partial charge in [-0.25, -0.2) is 15.0 Å². The van der Waals surface area contributed by atoms with Gasteiger partial charge in [0.25, 0.3) is 0 Å². The average Bonchev–Trinajstić information content (AvgIpc) is 3.34. The van der Waals surface area contributed by atoms with Crippen molar-refractivity contribution in [2.24, 2.45) is 0 Å². The number of fused-ring (bicyclic) bond motifs is 1. The van der Waals surface area contributed by atoms with E-state index in [9.17, 15) is 57.9 Å². The number of ether oxygens (including phenoxy) is 1. The molecular weight excluding hydrogens is 611 g/mol. The Morgan fingerprint density at radius 2 is 1.70 bits per heavy atom. The number of hydrogen-bond donors (Lipinski definition) is 6. The maximum Gasteiger partial charge on any atom is 0.389 e. The second-order valence-corrected chi connectivity index (χ2v) is 10.8. The molecule has 3 rings (SSSR count). The number of aromatic nitrogens is 4. The highest BCUT2D eigenvalue weighted by Gasteiger charge is 2.69. The van der Waals surface area contributed by atoms with Gasteiger partial charge in [-0.1, -0.05) is 11.8 Å². The van der Waals surface area contributed by atoms with Crippen LogP contribution in [0.15, 0.2) is 11.5 Å². The first-order valence-electron chi connectivity index (χ1n) is 12.5. The summed E-state index contributed by atoms with van der Waals surface area (Å²) in [5.41, 5.74) is -6.70. The van der Waals surface area contributed by atoms with Gasteiger partial charge < -0.3 is 35.4 Å². The van der Waals surface area contributed by atoms with E-state index in [1.165, 1.54) is 6.92 Å². The summed E-state index contributed by atoms with van der Waals surface area (Å²) in [6.45, 7) is 2.76. The Labute approximate surface area is 244 Å². The molecule has 1 aliphatic rings. The van der Waals surface area contributed by atoms with Gasteiger partial charge in [-0.05, 0) is 6.92 Å². The first kappa shape index (κ1) is 33.9. The third-order valence-electron chi connectivity index (χ3n) is 6.68. The number of carboxylic acid groups (broad SMARTS) is 3. The van der Waals surface area contributed by atoms with Crippen molar-refractivity contribution < 1.29 is 67.7 Å². The van der Waals surface area contributed by atoms with Crippen LogP contribution >= 0.6 is 11.8 Å². The number of thioether (sulfide) groups is 1. The van der Waals surface area contributed by atoms with E-state index in [4.69, 9.17) is 9.84 Å². The molecule has 1 amide bonds. The summed E-state index contributed by atoms with van der Waals surface area (Å²) in [7, 11) is 0. The Hall–Kier alpha value is -3.59. The van der Waals surface area contributed by atoms with Crippen molar-refractivity contribution in [3.63, 3.8) is 0 Å². The van der Waals surface area contributed by atoms with Crippen LogP contribution in [0.4, 0.5) is 19.0 Å². The second-order valence-electron chi connectivity index (χ2n) is 9.69. The van der Waals surface area contributed by atoms with Crippen LogP contribution in [0.25, 0.3) is 11.2 Å². The van der Waals surface area contributed by atoms with Crippen molar-refractivity contribution in [1.82, 2.24) is 19.5 Å². The zero-order valence-electron chi connectivity index (χ0n) is 22.6. The summed E-state index contributed by atoms with van der Waals surface area (Å²) < 4.78 is 44.9. The highest BCUT2D eigenvalue weighted by atomic mass is 32.2. The molecular formula is C23H28F3N5O11S. The standard InChI is InChI=1S/C23H28F3N5O11S/c1-3-30(10(2)32)17-15-18(29-20(28-17)43-5-4-23(24,25)26)31(9-27-15)19-22(41,8-14(38)39)21(40,7-13(36)37)16(42-19)11(33)6-12(34)35/h9,11,16,19,33,40-41H,3-8H2,1-2H3,(H,34,35)(H,36,37)(H,38,39)/t11?,16-,19-,21-,22+/m1/s1. The fourth-order valence-corrected chi connectivity index (χ4v) is 5.67. The Kier molecular flexibility index (Phi) is 9.91. The van der Waals surface area contributed by atoms with Crippen molar-refractivity contribution in [3.8, 4) is 0 Å². The molecule has 2 aromatic heterocycles. The fourth-order valence-electron chi connectivity index (χ4n) is 4.86. The maximum atomic E-state index is 12.8. The van der Waals surface area contributed by atoms with Crippen molar-refractivity contribution in [1.29, 1.82) is 0 Å². The van der Waals surface area contributed by atoms with Gasteiger partial charge in [0.2, 0.25) is 5.91 Å². The highest BCUT2D eigenvalue weighted by molar-refractivity contribution is 7.99. The zero-order chi connectivity index (χ0) is 32.5. The van der Waals surface area contributed by atoms with Crippen LogP contribution in [0.3, 0.4) is 0 Å². The third kappa shape index (κ3) is 6.98. The summed E-state index contributed by atoms with van der Waals surface area (Å²) >= 11 is 0.550. The Balaban J connectivity index is 2.28. The minimum absolute atomic E-state index is 0.0195. The Bertz CT molecular complexity index is 1410. The number of aliphatic hydroxyl groups excluding tert-OH is 1. The number of nitrogens with zero attached hydrogens (tertiary/aromatic N) is 5. The lowest BCUT2D eigenvalue weighted by Crippen LogP contribution is -2.62. The SMILES string of the molecule is CCN(C(C)=O)c1nc(SCCC(F)(F)F)nc2c1ncn2[C@@H]1O[C@H](C(O)CC(=O)O)[C@](O)(CC(=O)O)[C@]1(O)CC(=O)O. The molecule has 3 heterocycles. The molecule has 1 aliphatic heterocycles. The lowest BCUT2D eigenvalue weighted by Gasteiger charge is -2.40. The van der Waals surface area contributed by atoms with Gasteiger partial charge in [0.05, 0.1) is 38.1 Å². The number of aliphatic hydroxyl groups is 3. The first-order valence-corrected chi connectivity index (χ1v) is 13.5. The quantitative estimate of drug-likeness (QED) is 0.128. The summed E-state index contributed by atoms with van der Waals surface area (Å²) in [4.78, 5) is 60.8. The van der Waals surface area contributed by atoms with E-state index in [1.807, 2.05) is 0 Å². The number of imidazole rings is 1. The van der Waals surface area contributed by atoms with E-state index in [0.717, 1.165) is 15.8 Å². The lowest BCUT2D eigenvalue weighted by atomic mass is 9.73. The number of hydrogen-bond acceptors (Lipinski definition) is 12. The molecule has 0 aliphatic carbocycles. The van der Waals surface area contributed by atoms with Gasteiger partial charge in [0.15, 0.2) is 34.0 Å². The summed E-state index contributed by atoms with van der Waals surface area (Å²) in [5, 5.41) is 61.8. The van der Waals surface area contributed by atoms with E-state index < -0.39 is 91.1 Å². The van der Waals surface area contributed by atoms with E-state index in [1.54, 1.807) is 6.92 Å². The highest BCUT2D eigenvalue weighted by Crippen LogP contribution is 2.51. The largest absolute Gasteiger partial charge is 0.481 e. The molecule has 0 saturated carbocycles. The van der Waals surface area contributed by atoms with Gasteiger partial charge >= 0.3 is 24.1 Å². The first-order chi connectivity index (χ1) is 19.8. The van der Waals surface area contributed by atoms with E-state index in [2.05, 4.69) is 15.0 Å². The Morgan fingerprint density at radius 1 is 1.09 bits per heavy atom. The smallest absolute Gasteiger partial charge is 0.389 e. The van der Waals surface area contributed by atoms with Gasteiger partial charge in [-0.3, -0.25) is 28.6 Å². The van der Waals surface area contributed by atoms with Crippen LogP contribution in [-0.2, 0) is 23.9 Å². The van der Waals surface area contributed by atoms with E-state index in [0.29, 0.717) is 11.8 Å². The molecule has 43 heavy (non-hydrogen) atoms. The number of alkyl halides is 3. The molecule has 0 bridgehead atoms. The molecule has 16 nitrogen and oxygen atoms in total. The molecule has 2 aromatic rings. The summed E-state index contributed by atoms with van der Waals surface area (Å²) in [5.74, 6) is -6.39. The molecule has 0 spiro atoms. The van der Waals surface area contributed by atoms with Crippen molar-refractivity contribution in [2.45, 2.75) is 80.5 Å². The molecule has 1 saturated heterocycles. The van der Waals surface area contributed by atoms with Crippen LogP contribution < -0.4 is 4.90 Å². The molecule has 5 atom stereocenters. The Morgan fingerprint density at radius 3 is 2.21 bits per heavy atom. The van der Waals surface area contributed by atoms with Crippen LogP contribution in [-0.4, -0.2) is 116 Å². The van der Waals surface area contributed by atoms with Gasteiger partial charge in [-0.2, -0.15) is 13.2 Å². The van der Waals surface area contributed by atoms with Crippen LogP contribution in [0.2, 0.25) is 0 Å². The summed E-state index contributed by atoms with van der Waals surface area (Å²) in [6, 6.07) is 0. The molecule has 238 valence electrons. The number of carbonyl (C=O) groups is 4. The van der Waals surface area contributed by atoms with E-state index in [-0.39, 0.29) is 28.7 Å². The minimum atomic E-state index is -4.51. The van der Waals surface area contributed by atoms with Crippen molar-refractivity contribution in [3.05, 3.63) is 6.33 Å². The predicted octanol–water partition coefficient (Wildman–Crippen LogP) is 0.388. The molecule has 0 aromatic carbocycles. The van der Waals surface area contributed by atoms with Crippen LogP contribution in [0.1, 0.15) is 45.8 Å². The number of aliphatic carboxylic acids is 3. The lowest BCUT2D eigenvalue weighted by molar-refractivity contribution is -0.188. The second kappa shape index (κ2) is 12.6. The topological polar surface area (TPSA) is 246 Å². The number of anilines is 1. The summed E-state index contributed by atoms with van der Waals surface area (Å²) in [6.07, 6.45) is -15.2. The number of halogens is 3. The number of rotatable bonds is 13. The van der Waals surface area contributed by atoms with Gasteiger partial charge in [0, 0.05) is 19.2 Å². The normalized spacial score (nSPS) is 24.7. The van der Waals surface area contributed by atoms with Crippen molar-refractivity contribution in [2.75, 3.05) is 17.2 Å². The number of amides is 1. The van der Waals surface area contributed by atoms with Crippen molar-refractivity contribution >= 4 is 52.6 Å². The predicted molar refractivity (Wildman–Crippen MR) is 137 cm³/mol. The molecule has 1 unspecified atom stereocenters. The number of carboxylic acids is 3. The van der Waals surface area contributed by atoms with Gasteiger partial charge in [-0.15, -0.1) is 0 Å². The molecule has 20 heteroatoms. The molecule has 6 N–H and O–H groups in total. The van der Waals surface area contributed by atoms with E-state index >= 15 is 0 Å². The van der Waals surface area contributed by atoms with Crippen LogP contribution in [0.5, 0.6) is 0 Å². The number of carbonyl (C=O) groups excluding carboxylic acids is 1. The maximum absolute atomic E-state index is 12.8. The third-order valence-corrected chi connectivity index (χ3v) is 7.53. The average molecular weight is 640 g/mol. The molecule has 1 fully saturated rings.